The predicted molar refractivity (Wildman–Crippen MR) is 118 cm³/mol. The van der Waals surface area contributed by atoms with Gasteiger partial charge in [0.25, 0.3) is 0 Å². The number of nitrogens with two attached hydrogens (primary N) is 1. The fourth-order valence-corrected chi connectivity index (χ4v) is 5.90. The molecule has 2 fully saturated rings. The third-order valence-electron chi connectivity index (χ3n) is 6.33. The van der Waals surface area contributed by atoms with Crippen LogP contribution in [-0.4, -0.2) is 62.7 Å². The molecule has 6 unspecified atom stereocenters. The topological polar surface area (TPSA) is 152 Å². The molecule has 0 spiro atoms. The maximum atomic E-state index is 16.1. The molecule has 14 heteroatoms. The van der Waals surface area contributed by atoms with Crippen LogP contribution in [0.15, 0.2) is 12.5 Å². The second kappa shape index (κ2) is 9.46. The number of aromatic nitrogens is 4. The van der Waals surface area contributed by atoms with Gasteiger partial charge in [-0.15, -0.1) is 0 Å². The molecule has 12 nitrogen and oxygen atoms in total. The van der Waals surface area contributed by atoms with Crippen LogP contribution in [0, 0.1) is 5.92 Å². The van der Waals surface area contributed by atoms with Gasteiger partial charge >= 0.3 is 13.7 Å². The van der Waals surface area contributed by atoms with Crippen molar-refractivity contribution in [3.8, 4) is 0 Å². The van der Waals surface area contributed by atoms with Gasteiger partial charge in [0.1, 0.15) is 30.7 Å². The molecule has 4 rings (SSSR count). The summed E-state index contributed by atoms with van der Waals surface area (Å²) in [4.78, 5) is 20.4. The van der Waals surface area contributed by atoms with E-state index in [1.807, 2.05) is 13.8 Å². The molecular formula is C20H30FN6O6P. The molecule has 0 saturated carbocycles. The number of hydrogen-bond acceptors (Lipinski definition) is 10. The lowest BCUT2D eigenvalue weighted by atomic mass is 9.93. The van der Waals surface area contributed by atoms with Crippen molar-refractivity contribution in [3.63, 3.8) is 0 Å². The standard InChI is InChI=1S/C20H30FN6O6P/c1-5-12(6-2)8-30-19(28)11(3)26-34(29)31-9-14-16(33-34)20(4,21)15(32-14)13-7-23-18-17(22)24-10-25-27(13)18/h7,10-12,14-16H,5-6,8-9H2,1-4H3,(H,26,29)(H2,22,24,25). The summed E-state index contributed by atoms with van der Waals surface area (Å²) < 4.78 is 52.8. The fourth-order valence-electron chi connectivity index (χ4n) is 4.14. The Balaban J connectivity index is 1.47. The average molecular weight is 500 g/mol. The van der Waals surface area contributed by atoms with E-state index < -0.39 is 43.7 Å². The number of esters is 1. The number of nitrogen functional groups attached to an aromatic ring is 1. The van der Waals surface area contributed by atoms with Gasteiger partial charge in [-0.3, -0.25) is 13.8 Å². The lowest BCUT2D eigenvalue weighted by molar-refractivity contribution is -0.147. The summed E-state index contributed by atoms with van der Waals surface area (Å²) in [5.74, 6) is -0.214. The van der Waals surface area contributed by atoms with E-state index in [0.29, 0.717) is 5.69 Å². The molecule has 0 radical (unpaired) electrons. The van der Waals surface area contributed by atoms with Crippen LogP contribution in [0.3, 0.4) is 0 Å². The van der Waals surface area contributed by atoms with Gasteiger partial charge < -0.3 is 15.2 Å². The first kappa shape index (κ1) is 24.9. The largest absolute Gasteiger partial charge is 0.464 e. The van der Waals surface area contributed by atoms with Gasteiger partial charge in [0, 0.05) is 0 Å². The van der Waals surface area contributed by atoms with Crippen molar-refractivity contribution < 1.29 is 32.3 Å². The summed E-state index contributed by atoms with van der Waals surface area (Å²) in [7, 11) is -4.03. The Morgan fingerprint density at radius 3 is 2.88 bits per heavy atom. The third kappa shape index (κ3) is 4.55. The van der Waals surface area contributed by atoms with E-state index in [0.717, 1.165) is 12.8 Å². The average Bonchev–Trinajstić information content (AvgIpc) is 3.33. The minimum atomic E-state index is -4.03. The second-order valence-electron chi connectivity index (χ2n) is 8.75. The minimum Gasteiger partial charge on any atom is -0.464 e. The molecule has 3 N–H and O–H groups in total. The van der Waals surface area contributed by atoms with E-state index >= 15 is 4.39 Å². The first-order chi connectivity index (χ1) is 16.1. The van der Waals surface area contributed by atoms with E-state index in [9.17, 15) is 9.36 Å². The van der Waals surface area contributed by atoms with Gasteiger partial charge in [0.15, 0.2) is 17.1 Å². The Kier molecular flexibility index (Phi) is 6.94. The predicted octanol–water partition coefficient (Wildman–Crippen LogP) is 2.36. The van der Waals surface area contributed by atoms with Gasteiger partial charge in [-0.1, -0.05) is 26.7 Å². The summed E-state index contributed by atoms with van der Waals surface area (Å²) >= 11 is 0. The number of carbonyl (C=O) groups excluding carboxylic acids is 1. The number of fused-ring (bicyclic) bond motifs is 2. The first-order valence-corrected chi connectivity index (χ1v) is 12.8. The molecule has 6 atom stereocenters. The molecule has 0 aliphatic carbocycles. The highest BCUT2D eigenvalue weighted by molar-refractivity contribution is 7.51. The summed E-state index contributed by atoms with van der Waals surface area (Å²) in [6.45, 7) is 6.87. The Bertz CT molecular complexity index is 1090. The number of rotatable bonds is 8. The van der Waals surface area contributed by atoms with E-state index in [4.69, 9.17) is 24.3 Å². The summed E-state index contributed by atoms with van der Waals surface area (Å²) in [6, 6.07) is -0.987. The Morgan fingerprint density at radius 2 is 2.18 bits per heavy atom. The van der Waals surface area contributed by atoms with E-state index in [1.165, 1.54) is 30.9 Å². The Morgan fingerprint density at radius 1 is 1.44 bits per heavy atom. The van der Waals surface area contributed by atoms with Crippen LogP contribution in [0.1, 0.15) is 52.3 Å². The monoisotopic (exact) mass is 500 g/mol. The number of hydrogen-bond donors (Lipinski definition) is 2. The van der Waals surface area contributed by atoms with Crippen LogP contribution in [0.4, 0.5) is 10.2 Å². The van der Waals surface area contributed by atoms with Crippen LogP contribution in [0.25, 0.3) is 5.65 Å². The lowest BCUT2D eigenvalue weighted by Crippen LogP contribution is -2.47. The van der Waals surface area contributed by atoms with Crippen molar-refractivity contribution in [3.05, 3.63) is 18.2 Å². The normalized spacial score (nSPS) is 32.1. The van der Waals surface area contributed by atoms with Crippen molar-refractivity contribution in [1.29, 1.82) is 0 Å². The van der Waals surface area contributed by atoms with Crippen LogP contribution < -0.4 is 10.8 Å². The molecule has 34 heavy (non-hydrogen) atoms. The smallest absolute Gasteiger partial charge is 0.406 e. The van der Waals surface area contributed by atoms with Crippen molar-refractivity contribution in [2.45, 2.75) is 70.6 Å². The van der Waals surface area contributed by atoms with Crippen LogP contribution >= 0.6 is 7.75 Å². The number of carbonyl (C=O) groups is 1. The Labute approximate surface area is 196 Å². The third-order valence-corrected chi connectivity index (χ3v) is 8.02. The molecule has 2 aromatic heterocycles. The molecule has 2 aromatic rings. The second-order valence-corrected chi connectivity index (χ2v) is 10.5. The minimum absolute atomic E-state index is 0.135. The van der Waals surface area contributed by atoms with Gasteiger partial charge in [-0.2, -0.15) is 5.10 Å². The number of ether oxygens (including phenoxy) is 2. The van der Waals surface area contributed by atoms with Gasteiger partial charge in [0.05, 0.1) is 25.1 Å². The van der Waals surface area contributed by atoms with Gasteiger partial charge in [-0.25, -0.2) is 28.5 Å². The molecular weight excluding hydrogens is 470 g/mol. The highest BCUT2D eigenvalue weighted by Crippen LogP contribution is 2.57. The highest BCUT2D eigenvalue weighted by Gasteiger charge is 2.61. The zero-order valence-electron chi connectivity index (χ0n) is 19.5. The van der Waals surface area contributed by atoms with Crippen molar-refractivity contribution in [1.82, 2.24) is 24.7 Å². The molecule has 2 saturated heterocycles. The number of alkyl halides is 1. The zero-order chi connectivity index (χ0) is 24.7. The van der Waals surface area contributed by atoms with Crippen LogP contribution in [0.5, 0.6) is 0 Å². The molecule has 0 aromatic carbocycles. The van der Waals surface area contributed by atoms with Crippen LogP contribution in [0.2, 0.25) is 0 Å². The molecule has 0 bridgehead atoms. The number of imidazole rings is 1. The maximum Gasteiger partial charge on any atom is 0.406 e. The van der Waals surface area contributed by atoms with Crippen molar-refractivity contribution in [2.75, 3.05) is 18.9 Å². The molecule has 188 valence electrons. The van der Waals surface area contributed by atoms with Crippen molar-refractivity contribution in [2.24, 2.45) is 5.92 Å². The summed E-state index contributed by atoms with van der Waals surface area (Å²) in [5, 5.41) is 6.64. The van der Waals surface area contributed by atoms with E-state index in [1.54, 1.807) is 0 Å². The lowest BCUT2D eigenvalue weighted by Gasteiger charge is -2.35. The summed E-state index contributed by atoms with van der Waals surface area (Å²) in [6.07, 6.45) is 1.15. The summed E-state index contributed by atoms with van der Waals surface area (Å²) in [5.41, 5.74) is 4.25. The van der Waals surface area contributed by atoms with E-state index in [2.05, 4.69) is 20.2 Å². The molecule has 2 aliphatic heterocycles. The molecule has 0 amide bonds. The molecule has 2 aliphatic rings. The first-order valence-electron chi connectivity index (χ1n) is 11.3. The Hall–Kier alpha value is -2.18. The fraction of sp³-hybridized carbons (Fsp3) is 0.700. The quantitative estimate of drug-likeness (QED) is 0.406. The van der Waals surface area contributed by atoms with Gasteiger partial charge in [0.2, 0.25) is 0 Å². The van der Waals surface area contributed by atoms with Gasteiger partial charge in [-0.05, 0) is 19.8 Å². The van der Waals surface area contributed by atoms with Crippen LogP contribution in [-0.2, 0) is 27.9 Å². The molecule has 4 heterocycles. The maximum absolute atomic E-state index is 16.1. The highest BCUT2D eigenvalue weighted by atomic mass is 31.2. The SMILES string of the molecule is CCC(CC)COC(=O)C(C)NP1(=O)OCC2OC(c3cnc4c(N)ncnn34)C(C)(F)C2O1. The number of nitrogens with one attached hydrogen (secondary N) is 1. The number of anilines is 1. The number of halogens is 1. The van der Waals surface area contributed by atoms with Crippen molar-refractivity contribution >= 4 is 25.2 Å². The van der Waals surface area contributed by atoms with E-state index in [-0.39, 0.29) is 30.6 Å². The number of nitrogens with zero attached hydrogens (tertiary/aromatic N) is 4. The zero-order valence-corrected chi connectivity index (χ0v) is 20.4.